The minimum atomic E-state index is -3.28. The predicted molar refractivity (Wildman–Crippen MR) is 77.2 cm³/mol. The summed E-state index contributed by atoms with van der Waals surface area (Å²) in [6.45, 7) is 6.68. The Morgan fingerprint density at radius 3 is 2.47 bits per heavy atom. The van der Waals surface area contributed by atoms with Crippen molar-refractivity contribution in [2.75, 3.05) is 5.75 Å². The quantitative estimate of drug-likeness (QED) is 0.840. The molecule has 7 heteroatoms. The molecule has 0 aliphatic heterocycles. The number of aromatic nitrogens is 1. The Balaban J connectivity index is 2.71. The van der Waals surface area contributed by atoms with E-state index in [4.69, 9.17) is 5.73 Å². The topological polar surface area (TPSA) is 90.1 Å². The van der Waals surface area contributed by atoms with Gasteiger partial charge in [-0.05, 0) is 27.7 Å². The maximum absolute atomic E-state index is 11.9. The van der Waals surface area contributed by atoms with Crippen molar-refractivity contribution in [1.82, 2.24) is 4.98 Å². The van der Waals surface area contributed by atoms with Crippen LogP contribution in [-0.4, -0.2) is 29.7 Å². The molecule has 5 nitrogen and oxygen atoms in total. The Kier molecular flexibility index (Phi) is 4.86. The molecule has 1 aromatic rings. The molecule has 1 atom stereocenters. The molecular formula is C12H20N2O3S2. The summed E-state index contributed by atoms with van der Waals surface area (Å²) in [5.41, 5.74) is 5.98. The van der Waals surface area contributed by atoms with Crippen LogP contribution >= 0.6 is 11.3 Å². The van der Waals surface area contributed by atoms with Crippen LogP contribution in [-0.2, 0) is 9.84 Å². The highest BCUT2D eigenvalue weighted by molar-refractivity contribution is 7.92. The second-order valence-electron chi connectivity index (χ2n) is 5.46. The summed E-state index contributed by atoms with van der Waals surface area (Å²) >= 11 is 1.32. The minimum absolute atomic E-state index is 0.0400. The van der Waals surface area contributed by atoms with Crippen LogP contribution in [0.1, 0.15) is 55.7 Å². The number of nitrogens with two attached hydrogens (primary N) is 1. The van der Waals surface area contributed by atoms with Crippen molar-refractivity contribution >= 4 is 27.0 Å². The van der Waals surface area contributed by atoms with Gasteiger partial charge in [-0.15, -0.1) is 11.3 Å². The lowest BCUT2D eigenvalue weighted by atomic mass is 10.2. The molecule has 0 saturated carbocycles. The van der Waals surface area contributed by atoms with Gasteiger partial charge in [-0.1, -0.05) is 0 Å². The number of ketones is 1. The van der Waals surface area contributed by atoms with Crippen LogP contribution in [0.2, 0.25) is 0 Å². The fraction of sp³-hybridized carbons (Fsp3) is 0.667. The summed E-state index contributed by atoms with van der Waals surface area (Å²) in [5, 5.41) is 2.31. The molecular weight excluding hydrogens is 284 g/mol. The highest BCUT2D eigenvalue weighted by Crippen LogP contribution is 2.20. The average Bonchev–Trinajstić information content (AvgIpc) is 2.73. The third-order valence-electron chi connectivity index (χ3n) is 2.73. The van der Waals surface area contributed by atoms with E-state index in [0.717, 1.165) is 0 Å². The molecule has 19 heavy (non-hydrogen) atoms. The van der Waals surface area contributed by atoms with E-state index in [-0.39, 0.29) is 24.0 Å². The van der Waals surface area contributed by atoms with Crippen molar-refractivity contribution in [2.45, 2.75) is 44.9 Å². The van der Waals surface area contributed by atoms with Gasteiger partial charge in [0.15, 0.2) is 15.6 Å². The van der Waals surface area contributed by atoms with Crippen molar-refractivity contribution < 1.29 is 13.2 Å². The largest absolute Gasteiger partial charge is 0.322 e. The molecule has 0 aliphatic rings. The van der Waals surface area contributed by atoms with Gasteiger partial charge >= 0.3 is 0 Å². The molecule has 1 aromatic heterocycles. The van der Waals surface area contributed by atoms with E-state index in [0.29, 0.717) is 10.7 Å². The van der Waals surface area contributed by atoms with Gasteiger partial charge in [0.2, 0.25) is 0 Å². The Morgan fingerprint density at radius 1 is 1.47 bits per heavy atom. The first-order valence-electron chi connectivity index (χ1n) is 6.01. The Labute approximate surface area is 118 Å². The van der Waals surface area contributed by atoms with Gasteiger partial charge in [-0.2, -0.15) is 0 Å². The van der Waals surface area contributed by atoms with Crippen LogP contribution in [0.3, 0.4) is 0 Å². The van der Waals surface area contributed by atoms with Crippen molar-refractivity contribution in [3.05, 3.63) is 16.1 Å². The SMILES string of the molecule is CC(N)c1nc(C(=O)CCS(=O)(=O)C(C)(C)C)cs1. The molecule has 2 N–H and O–H groups in total. The van der Waals surface area contributed by atoms with E-state index >= 15 is 0 Å². The second kappa shape index (κ2) is 5.68. The van der Waals surface area contributed by atoms with Crippen molar-refractivity contribution in [3.8, 4) is 0 Å². The fourth-order valence-corrected chi connectivity index (χ4v) is 3.13. The van der Waals surface area contributed by atoms with Crippen LogP contribution in [0, 0.1) is 0 Å². The molecule has 0 spiro atoms. The highest BCUT2D eigenvalue weighted by Gasteiger charge is 2.29. The van der Waals surface area contributed by atoms with Crippen molar-refractivity contribution in [2.24, 2.45) is 5.73 Å². The molecule has 1 rings (SSSR count). The molecule has 0 aromatic carbocycles. The van der Waals surface area contributed by atoms with Crippen LogP contribution in [0.5, 0.6) is 0 Å². The van der Waals surface area contributed by atoms with E-state index in [9.17, 15) is 13.2 Å². The van der Waals surface area contributed by atoms with Gasteiger partial charge in [0.25, 0.3) is 0 Å². The fourth-order valence-electron chi connectivity index (χ4n) is 1.29. The number of thiazole rings is 1. The van der Waals surface area contributed by atoms with Gasteiger partial charge in [0, 0.05) is 11.8 Å². The van der Waals surface area contributed by atoms with Crippen LogP contribution in [0.15, 0.2) is 5.38 Å². The predicted octanol–water partition coefficient (Wildman–Crippen LogP) is 1.95. The minimum Gasteiger partial charge on any atom is -0.322 e. The zero-order valence-corrected chi connectivity index (χ0v) is 13.3. The summed E-state index contributed by atoms with van der Waals surface area (Å²) in [4.78, 5) is 16.0. The highest BCUT2D eigenvalue weighted by atomic mass is 32.2. The van der Waals surface area contributed by atoms with Gasteiger partial charge < -0.3 is 5.73 Å². The van der Waals surface area contributed by atoms with E-state index in [1.54, 1.807) is 33.1 Å². The lowest BCUT2D eigenvalue weighted by Gasteiger charge is -2.18. The Morgan fingerprint density at radius 2 is 2.05 bits per heavy atom. The molecule has 108 valence electrons. The van der Waals surface area contributed by atoms with Crippen LogP contribution < -0.4 is 5.73 Å². The molecule has 0 fully saturated rings. The number of hydrogen-bond donors (Lipinski definition) is 1. The maximum Gasteiger partial charge on any atom is 0.183 e. The molecule has 0 radical (unpaired) electrons. The average molecular weight is 304 g/mol. The summed E-state index contributed by atoms with van der Waals surface area (Å²) in [5.74, 6) is -0.406. The third kappa shape index (κ3) is 4.09. The lowest BCUT2D eigenvalue weighted by molar-refractivity contribution is 0.0984. The number of hydrogen-bond acceptors (Lipinski definition) is 6. The number of rotatable bonds is 5. The Bertz CT molecular complexity index is 554. The third-order valence-corrected chi connectivity index (χ3v) is 6.38. The molecule has 1 heterocycles. The zero-order valence-electron chi connectivity index (χ0n) is 11.6. The van der Waals surface area contributed by atoms with Crippen LogP contribution in [0.4, 0.5) is 0 Å². The van der Waals surface area contributed by atoms with E-state index in [2.05, 4.69) is 4.98 Å². The number of carbonyl (C=O) groups excluding carboxylic acids is 1. The van der Waals surface area contributed by atoms with Crippen molar-refractivity contribution in [3.63, 3.8) is 0 Å². The number of Topliss-reactive ketones (excluding diaryl/α,β-unsaturated/α-hetero) is 1. The molecule has 1 unspecified atom stereocenters. The van der Waals surface area contributed by atoms with Crippen molar-refractivity contribution in [1.29, 1.82) is 0 Å². The summed E-state index contributed by atoms with van der Waals surface area (Å²) in [6.07, 6.45) is -0.0400. The van der Waals surface area contributed by atoms with E-state index in [1.165, 1.54) is 11.3 Å². The summed E-state index contributed by atoms with van der Waals surface area (Å²) < 4.78 is 23.0. The van der Waals surface area contributed by atoms with Crippen LogP contribution in [0.25, 0.3) is 0 Å². The smallest absolute Gasteiger partial charge is 0.183 e. The molecule has 0 aliphatic carbocycles. The standard InChI is InChI=1S/C12H20N2O3S2/c1-8(13)11-14-9(7-18-11)10(15)5-6-19(16,17)12(2,3)4/h7-8H,5-6,13H2,1-4H3. The first-order valence-corrected chi connectivity index (χ1v) is 8.54. The number of nitrogens with zero attached hydrogens (tertiary/aromatic N) is 1. The van der Waals surface area contributed by atoms with Gasteiger partial charge in [-0.3, -0.25) is 4.79 Å². The molecule has 0 amide bonds. The second-order valence-corrected chi connectivity index (χ2v) is 9.22. The zero-order chi connectivity index (χ0) is 14.8. The van der Waals surface area contributed by atoms with E-state index < -0.39 is 14.6 Å². The maximum atomic E-state index is 11.9. The monoisotopic (exact) mass is 304 g/mol. The number of carbonyl (C=O) groups is 1. The normalized spacial score (nSPS) is 14.4. The Hall–Kier alpha value is -0.790. The molecule has 0 bridgehead atoms. The van der Waals surface area contributed by atoms with E-state index in [1.807, 2.05) is 0 Å². The van der Waals surface area contributed by atoms with Gasteiger partial charge in [0.1, 0.15) is 10.7 Å². The number of sulfone groups is 1. The summed E-state index contributed by atoms with van der Waals surface area (Å²) in [7, 11) is -3.28. The lowest BCUT2D eigenvalue weighted by Crippen LogP contribution is -2.31. The first kappa shape index (κ1) is 16.3. The van der Waals surface area contributed by atoms with Gasteiger partial charge in [0.05, 0.1) is 16.5 Å². The summed E-state index contributed by atoms with van der Waals surface area (Å²) in [6, 6.07) is -0.218. The van der Waals surface area contributed by atoms with Gasteiger partial charge in [-0.25, -0.2) is 13.4 Å². The first-order chi connectivity index (χ1) is 8.54. The molecule has 0 saturated heterocycles.